The number of rotatable bonds is 3. The van der Waals surface area contributed by atoms with Crippen LogP contribution in [0, 0.1) is 0 Å². The highest BCUT2D eigenvalue weighted by Gasteiger charge is 1.98. The molecular formula is C6H6Br2O2. The molecule has 0 saturated heterocycles. The summed E-state index contributed by atoms with van der Waals surface area (Å²) in [6.07, 6.45) is 1.77. The zero-order valence-corrected chi connectivity index (χ0v) is 8.48. The number of ether oxygens (including phenoxy) is 1. The highest BCUT2D eigenvalue weighted by molar-refractivity contribution is 9.12. The summed E-state index contributed by atoms with van der Waals surface area (Å²) in [6, 6.07) is 0. The first-order chi connectivity index (χ1) is 4.76. The Hall–Kier alpha value is -0.0900. The Balaban J connectivity index is 4.22. The molecule has 0 spiro atoms. The molecule has 56 valence electrons. The summed E-state index contributed by atoms with van der Waals surface area (Å²) in [4.78, 5) is 11.4. The van der Waals surface area contributed by atoms with Crippen molar-refractivity contribution in [3.63, 3.8) is 0 Å². The summed E-state index contributed by atoms with van der Waals surface area (Å²) >= 11 is 6.22. The van der Waals surface area contributed by atoms with E-state index in [1.807, 2.05) is 6.92 Å². The van der Waals surface area contributed by atoms with Crippen LogP contribution in [-0.4, -0.2) is 6.47 Å². The van der Waals surface area contributed by atoms with Gasteiger partial charge in [-0.05, 0) is 22.9 Å². The van der Waals surface area contributed by atoms with E-state index in [0.29, 0.717) is 12.2 Å². The van der Waals surface area contributed by atoms with Gasteiger partial charge in [0.25, 0.3) is 6.47 Å². The van der Waals surface area contributed by atoms with Gasteiger partial charge in [0.1, 0.15) is 0 Å². The summed E-state index contributed by atoms with van der Waals surface area (Å²) in [5.74, 6) is 0.456. The van der Waals surface area contributed by atoms with E-state index in [4.69, 9.17) is 0 Å². The Kier molecular flexibility index (Phi) is 5.63. The molecule has 0 aliphatic carbocycles. The van der Waals surface area contributed by atoms with Crippen molar-refractivity contribution in [2.24, 2.45) is 0 Å². The number of halogens is 2. The topological polar surface area (TPSA) is 26.3 Å². The van der Waals surface area contributed by atoms with Crippen LogP contribution in [-0.2, 0) is 9.53 Å². The molecule has 0 N–H and O–H groups in total. The zero-order valence-electron chi connectivity index (χ0n) is 5.30. The van der Waals surface area contributed by atoms with E-state index in [9.17, 15) is 4.79 Å². The van der Waals surface area contributed by atoms with Crippen molar-refractivity contribution in [3.05, 3.63) is 21.3 Å². The Bertz CT molecular complexity index is 173. The van der Waals surface area contributed by atoms with Crippen LogP contribution in [0.25, 0.3) is 0 Å². The van der Waals surface area contributed by atoms with Gasteiger partial charge in [-0.3, -0.25) is 4.79 Å². The largest absolute Gasteiger partial charge is 0.427 e. The predicted octanol–water partition coefficient (Wildman–Crippen LogP) is 2.69. The van der Waals surface area contributed by atoms with E-state index >= 15 is 0 Å². The molecule has 0 aromatic carbocycles. The molecule has 0 atom stereocenters. The molecular weight excluding hydrogens is 264 g/mol. The first-order valence-corrected chi connectivity index (χ1v) is 4.20. The van der Waals surface area contributed by atoms with Gasteiger partial charge in [-0.15, -0.1) is 0 Å². The molecule has 0 rings (SSSR count). The van der Waals surface area contributed by atoms with Crippen LogP contribution < -0.4 is 0 Å². The normalized spacial score (nSPS) is 13.1. The van der Waals surface area contributed by atoms with Gasteiger partial charge in [-0.1, -0.05) is 22.0 Å². The molecule has 0 bridgehead atoms. The molecule has 0 unspecified atom stereocenters. The lowest BCUT2D eigenvalue weighted by Crippen LogP contribution is -1.87. The van der Waals surface area contributed by atoms with Gasteiger partial charge in [0, 0.05) is 4.99 Å². The molecule has 10 heavy (non-hydrogen) atoms. The average molecular weight is 270 g/mol. The molecule has 0 amide bonds. The lowest BCUT2D eigenvalue weighted by Gasteiger charge is -1.98. The lowest BCUT2D eigenvalue weighted by molar-refractivity contribution is -0.124. The molecule has 0 aromatic rings. The molecule has 0 heterocycles. The molecule has 0 saturated carbocycles. The van der Waals surface area contributed by atoms with Crippen molar-refractivity contribution < 1.29 is 9.53 Å². The third-order valence-electron chi connectivity index (χ3n) is 0.763. The molecule has 0 radical (unpaired) electrons. The second-order valence-corrected chi connectivity index (χ2v) is 2.64. The molecule has 2 nitrogen and oxygen atoms in total. The van der Waals surface area contributed by atoms with Crippen molar-refractivity contribution >= 4 is 38.3 Å². The highest BCUT2D eigenvalue weighted by atomic mass is 79.9. The zero-order chi connectivity index (χ0) is 7.98. The van der Waals surface area contributed by atoms with Gasteiger partial charge in [-0.2, -0.15) is 0 Å². The molecule has 0 fully saturated rings. The smallest absolute Gasteiger partial charge is 0.298 e. The summed E-state index contributed by atoms with van der Waals surface area (Å²) in [5, 5.41) is 0. The summed E-state index contributed by atoms with van der Waals surface area (Å²) in [6.45, 7) is 2.20. The standard InChI is InChI=1S/C6H6Br2O2/c1-2-5(8)6(3-7)10-4-9/h2-4H,1H3/b5-2+,6-3-. The second kappa shape index (κ2) is 5.68. The Morgan fingerprint density at radius 3 is 2.50 bits per heavy atom. The first kappa shape index (κ1) is 9.91. The summed E-state index contributed by atoms with van der Waals surface area (Å²) in [5.41, 5.74) is 0. The minimum absolute atomic E-state index is 0.373. The minimum Gasteiger partial charge on any atom is -0.427 e. The van der Waals surface area contributed by atoms with Crippen LogP contribution in [0.1, 0.15) is 6.92 Å². The average Bonchev–Trinajstić information content (AvgIpc) is 1.99. The third-order valence-corrected chi connectivity index (χ3v) is 2.03. The van der Waals surface area contributed by atoms with Crippen LogP contribution in [0.2, 0.25) is 0 Å². The fraction of sp³-hybridized carbons (Fsp3) is 0.167. The molecule has 0 aliphatic rings. The fourth-order valence-corrected chi connectivity index (χ4v) is 1.20. The van der Waals surface area contributed by atoms with Crippen molar-refractivity contribution in [1.82, 2.24) is 0 Å². The number of carbonyl (C=O) groups excluding carboxylic acids is 1. The Labute approximate surface area is 76.2 Å². The summed E-state index contributed by atoms with van der Waals surface area (Å²) in [7, 11) is 0. The Morgan fingerprint density at radius 1 is 1.60 bits per heavy atom. The predicted molar refractivity (Wildman–Crippen MR) is 46.8 cm³/mol. The lowest BCUT2D eigenvalue weighted by atomic mass is 10.5. The second-order valence-electron chi connectivity index (χ2n) is 1.32. The summed E-state index contributed by atoms with van der Waals surface area (Å²) < 4.78 is 5.30. The van der Waals surface area contributed by atoms with Crippen molar-refractivity contribution in [2.45, 2.75) is 6.92 Å². The van der Waals surface area contributed by atoms with Crippen molar-refractivity contribution in [3.8, 4) is 0 Å². The van der Waals surface area contributed by atoms with Gasteiger partial charge in [0.2, 0.25) is 0 Å². The fourth-order valence-electron chi connectivity index (χ4n) is 0.328. The maximum absolute atomic E-state index is 9.86. The van der Waals surface area contributed by atoms with Crippen LogP contribution in [0.15, 0.2) is 21.3 Å². The SMILES string of the molecule is C/C=C(Br)\C(=C\Br)OC=O. The van der Waals surface area contributed by atoms with E-state index in [-0.39, 0.29) is 0 Å². The number of hydrogen-bond donors (Lipinski definition) is 0. The molecule has 0 aromatic heterocycles. The molecule has 0 aliphatic heterocycles. The number of allylic oxidation sites excluding steroid dienone is 2. The van der Waals surface area contributed by atoms with Crippen LogP contribution in [0.5, 0.6) is 0 Å². The monoisotopic (exact) mass is 268 g/mol. The minimum atomic E-state index is 0.373. The van der Waals surface area contributed by atoms with Gasteiger partial charge in [0.15, 0.2) is 5.76 Å². The quantitative estimate of drug-likeness (QED) is 0.447. The van der Waals surface area contributed by atoms with Gasteiger partial charge in [-0.25, -0.2) is 0 Å². The van der Waals surface area contributed by atoms with Gasteiger partial charge >= 0.3 is 0 Å². The molecule has 4 heteroatoms. The van der Waals surface area contributed by atoms with Crippen molar-refractivity contribution in [2.75, 3.05) is 0 Å². The van der Waals surface area contributed by atoms with Crippen LogP contribution >= 0.6 is 31.9 Å². The van der Waals surface area contributed by atoms with E-state index in [0.717, 1.165) is 4.48 Å². The van der Waals surface area contributed by atoms with E-state index in [1.54, 1.807) is 6.08 Å². The number of carbonyl (C=O) groups is 1. The first-order valence-electron chi connectivity index (χ1n) is 2.49. The van der Waals surface area contributed by atoms with Crippen molar-refractivity contribution in [1.29, 1.82) is 0 Å². The third kappa shape index (κ3) is 3.17. The highest BCUT2D eigenvalue weighted by Crippen LogP contribution is 2.18. The van der Waals surface area contributed by atoms with E-state index < -0.39 is 0 Å². The maximum atomic E-state index is 9.86. The Morgan fingerprint density at radius 2 is 2.20 bits per heavy atom. The van der Waals surface area contributed by atoms with Crippen LogP contribution in [0.3, 0.4) is 0 Å². The van der Waals surface area contributed by atoms with Gasteiger partial charge in [0.05, 0.1) is 4.48 Å². The maximum Gasteiger partial charge on any atom is 0.298 e. The van der Waals surface area contributed by atoms with Gasteiger partial charge < -0.3 is 4.74 Å². The van der Waals surface area contributed by atoms with E-state index in [2.05, 4.69) is 36.6 Å². The van der Waals surface area contributed by atoms with E-state index in [1.165, 1.54) is 4.99 Å². The number of hydrogen-bond acceptors (Lipinski definition) is 2. The van der Waals surface area contributed by atoms with Crippen LogP contribution in [0.4, 0.5) is 0 Å².